The molecule has 12 heteroatoms. The SMILES string of the molecule is COC(=O)c1ccccc1-c1ccc(/C=c2\s/c(=C(/C#N)C(=O)Nc3ccccc3F)n(CCN3CCOCC3)c2=O)o1. The Morgan fingerprint density at radius 1 is 1.09 bits per heavy atom. The molecule has 1 aliphatic rings. The number of benzene rings is 2. The zero-order chi connectivity index (χ0) is 30.3. The number of carbonyl (C=O) groups excluding carboxylic acids is 2. The van der Waals surface area contributed by atoms with Gasteiger partial charge in [-0.2, -0.15) is 5.26 Å². The van der Waals surface area contributed by atoms with E-state index in [0.717, 1.165) is 11.3 Å². The Bertz CT molecular complexity index is 1880. The minimum atomic E-state index is -0.833. The first-order chi connectivity index (χ1) is 20.9. The molecule has 2 aromatic carbocycles. The number of halogens is 1. The lowest BCUT2D eigenvalue weighted by Crippen LogP contribution is -2.41. The predicted octanol–water partition coefficient (Wildman–Crippen LogP) is 2.57. The zero-order valence-corrected chi connectivity index (χ0v) is 24.0. The number of ether oxygens (including phenoxy) is 2. The molecular weight excluding hydrogens is 575 g/mol. The van der Waals surface area contributed by atoms with Gasteiger partial charge in [-0.1, -0.05) is 30.3 Å². The Labute approximate surface area is 249 Å². The van der Waals surface area contributed by atoms with Crippen LogP contribution in [0.4, 0.5) is 10.1 Å². The maximum Gasteiger partial charge on any atom is 0.338 e. The summed E-state index contributed by atoms with van der Waals surface area (Å²) < 4.78 is 32.2. The van der Waals surface area contributed by atoms with E-state index in [1.54, 1.807) is 42.5 Å². The van der Waals surface area contributed by atoms with Crippen molar-refractivity contribution >= 4 is 40.5 Å². The van der Waals surface area contributed by atoms with Crippen LogP contribution < -0.4 is 20.1 Å². The van der Waals surface area contributed by atoms with E-state index in [1.807, 2.05) is 6.07 Å². The van der Waals surface area contributed by atoms with Crippen molar-refractivity contribution in [1.82, 2.24) is 9.47 Å². The molecule has 220 valence electrons. The molecule has 0 spiro atoms. The van der Waals surface area contributed by atoms with E-state index in [4.69, 9.17) is 13.9 Å². The topological polar surface area (TPSA) is 127 Å². The van der Waals surface area contributed by atoms with Crippen molar-refractivity contribution in [2.45, 2.75) is 6.54 Å². The van der Waals surface area contributed by atoms with E-state index in [-0.39, 0.29) is 27.0 Å². The number of hydrogen-bond donors (Lipinski definition) is 1. The molecule has 0 atom stereocenters. The first kappa shape index (κ1) is 29.7. The minimum Gasteiger partial charge on any atom is -0.465 e. The number of amides is 1. The summed E-state index contributed by atoms with van der Waals surface area (Å²) in [5.74, 6) is -1.28. The van der Waals surface area contributed by atoms with Gasteiger partial charge in [0.2, 0.25) is 0 Å². The second kappa shape index (κ2) is 13.4. The molecule has 1 fully saturated rings. The lowest BCUT2D eigenvalue weighted by molar-refractivity contribution is -0.111. The summed E-state index contributed by atoms with van der Waals surface area (Å²) in [4.78, 5) is 41.2. The third-order valence-electron chi connectivity index (χ3n) is 6.82. The fraction of sp³-hybridized carbons (Fsp3) is 0.226. The second-order valence-corrected chi connectivity index (χ2v) is 10.5. The van der Waals surface area contributed by atoms with E-state index in [2.05, 4.69) is 10.2 Å². The number of methoxy groups -OCH3 is 1. The average Bonchev–Trinajstić information content (AvgIpc) is 3.62. The summed E-state index contributed by atoms with van der Waals surface area (Å²) in [5, 5.41) is 12.4. The van der Waals surface area contributed by atoms with Gasteiger partial charge in [0.05, 0.1) is 36.1 Å². The number of aromatic nitrogens is 1. The van der Waals surface area contributed by atoms with Gasteiger partial charge in [0.15, 0.2) is 5.57 Å². The molecule has 10 nitrogen and oxygen atoms in total. The predicted molar refractivity (Wildman–Crippen MR) is 158 cm³/mol. The van der Waals surface area contributed by atoms with Gasteiger partial charge in [0, 0.05) is 37.8 Å². The lowest BCUT2D eigenvalue weighted by Gasteiger charge is -2.26. The molecule has 0 radical (unpaired) electrons. The summed E-state index contributed by atoms with van der Waals surface area (Å²) in [5.41, 5.74) is 0.0329. The Morgan fingerprint density at radius 2 is 1.84 bits per heavy atom. The van der Waals surface area contributed by atoms with Gasteiger partial charge in [-0.05, 0) is 30.3 Å². The number of morpholine rings is 1. The molecule has 1 amide bonds. The van der Waals surface area contributed by atoms with E-state index in [9.17, 15) is 24.0 Å². The van der Waals surface area contributed by atoms with Crippen molar-refractivity contribution in [2.75, 3.05) is 45.3 Å². The number of nitrogens with one attached hydrogen (secondary N) is 1. The minimum absolute atomic E-state index is 0.0823. The number of para-hydroxylation sites is 1. The summed E-state index contributed by atoms with van der Waals surface area (Å²) in [6.07, 6.45) is 1.52. The van der Waals surface area contributed by atoms with Crippen LogP contribution in [0.15, 0.2) is 69.9 Å². The summed E-state index contributed by atoms with van der Waals surface area (Å²) >= 11 is 0.964. The van der Waals surface area contributed by atoms with E-state index in [1.165, 1.54) is 36.0 Å². The van der Waals surface area contributed by atoms with Crippen LogP contribution in [0.1, 0.15) is 16.1 Å². The standard InChI is InChI=1S/C31H27FN4O6S/c1-40-31(39)22-7-3-2-6-21(22)26-11-10-20(42-26)18-27-29(38)36(13-12-35-14-16-41-17-15-35)30(43-27)23(19-33)28(37)34-25-9-5-4-8-24(25)32/h2-11,18H,12-17H2,1H3,(H,34,37)/b27-18-,30-23-. The smallest absolute Gasteiger partial charge is 0.338 e. The molecule has 4 aromatic rings. The molecular formula is C31H27FN4O6S. The van der Waals surface area contributed by atoms with Crippen LogP contribution in [0.5, 0.6) is 0 Å². The number of esters is 1. The molecule has 5 rings (SSSR count). The highest BCUT2D eigenvalue weighted by Crippen LogP contribution is 2.26. The average molecular weight is 603 g/mol. The monoisotopic (exact) mass is 602 g/mol. The Balaban J connectivity index is 1.57. The summed E-state index contributed by atoms with van der Waals surface area (Å²) in [6.45, 7) is 3.24. The maximum atomic E-state index is 14.2. The maximum absolute atomic E-state index is 14.2. The molecule has 0 bridgehead atoms. The number of furan rings is 1. The summed E-state index contributed by atoms with van der Waals surface area (Å²) in [7, 11) is 1.29. The van der Waals surface area contributed by atoms with Crippen molar-refractivity contribution in [3.8, 4) is 17.4 Å². The van der Waals surface area contributed by atoms with Gasteiger partial charge < -0.3 is 19.2 Å². The van der Waals surface area contributed by atoms with Crippen molar-refractivity contribution in [1.29, 1.82) is 5.26 Å². The fourth-order valence-corrected chi connectivity index (χ4v) is 5.71. The molecule has 1 saturated heterocycles. The van der Waals surface area contributed by atoms with E-state index in [0.29, 0.717) is 55.5 Å². The number of rotatable bonds is 8. The first-order valence-electron chi connectivity index (χ1n) is 13.4. The van der Waals surface area contributed by atoms with Gasteiger partial charge in [0.25, 0.3) is 11.5 Å². The fourth-order valence-electron chi connectivity index (χ4n) is 4.61. The Kier molecular flexibility index (Phi) is 9.26. The third kappa shape index (κ3) is 6.65. The number of nitrogens with zero attached hydrogens (tertiary/aromatic N) is 3. The highest BCUT2D eigenvalue weighted by molar-refractivity contribution is 7.07. The lowest BCUT2D eigenvalue weighted by atomic mass is 10.1. The van der Waals surface area contributed by atoms with Gasteiger partial charge in [-0.25, -0.2) is 9.18 Å². The van der Waals surface area contributed by atoms with Crippen LogP contribution in [0, 0.1) is 17.1 Å². The summed E-state index contributed by atoms with van der Waals surface area (Å²) in [6, 6.07) is 17.7. The second-order valence-electron chi connectivity index (χ2n) is 9.49. The Morgan fingerprint density at radius 3 is 2.58 bits per heavy atom. The molecule has 1 aliphatic heterocycles. The number of anilines is 1. The van der Waals surface area contributed by atoms with Crippen LogP contribution in [-0.4, -0.2) is 61.3 Å². The zero-order valence-electron chi connectivity index (χ0n) is 23.2. The van der Waals surface area contributed by atoms with Gasteiger partial charge in [-0.3, -0.25) is 19.1 Å². The molecule has 3 heterocycles. The van der Waals surface area contributed by atoms with Crippen molar-refractivity contribution < 1.29 is 27.9 Å². The van der Waals surface area contributed by atoms with Crippen molar-refractivity contribution in [2.24, 2.45) is 0 Å². The van der Waals surface area contributed by atoms with Crippen LogP contribution in [0.2, 0.25) is 0 Å². The normalized spacial score (nSPS) is 14.7. The molecule has 0 aliphatic carbocycles. The number of thiazole rings is 1. The highest BCUT2D eigenvalue weighted by Gasteiger charge is 2.19. The number of carbonyl (C=O) groups is 2. The Hall–Kier alpha value is -4.83. The van der Waals surface area contributed by atoms with Crippen molar-refractivity contribution in [3.63, 3.8) is 0 Å². The molecule has 2 aromatic heterocycles. The van der Waals surface area contributed by atoms with Crippen LogP contribution in [0.3, 0.4) is 0 Å². The van der Waals surface area contributed by atoms with Gasteiger partial charge >= 0.3 is 5.97 Å². The quantitative estimate of drug-likeness (QED) is 0.305. The highest BCUT2D eigenvalue weighted by atomic mass is 32.1. The third-order valence-corrected chi connectivity index (χ3v) is 7.95. The van der Waals surface area contributed by atoms with Crippen LogP contribution >= 0.6 is 11.3 Å². The number of hydrogen-bond acceptors (Lipinski definition) is 9. The van der Waals surface area contributed by atoms with Gasteiger partial charge in [0.1, 0.15) is 28.1 Å². The van der Waals surface area contributed by atoms with Crippen molar-refractivity contribution in [3.05, 3.63) is 97.4 Å². The number of nitriles is 1. The first-order valence-corrected chi connectivity index (χ1v) is 14.2. The van der Waals surface area contributed by atoms with Crippen LogP contribution in [0.25, 0.3) is 23.0 Å². The molecule has 0 unspecified atom stereocenters. The largest absolute Gasteiger partial charge is 0.465 e. The molecule has 0 saturated carbocycles. The van der Waals surface area contributed by atoms with Gasteiger partial charge in [-0.15, -0.1) is 11.3 Å². The van der Waals surface area contributed by atoms with E-state index >= 15 is 0 Å². The molecule has 1 N–H and O–H groups in total. The van der Waals surface area contributed by atoms with E-state index < -0.39 is 23.3 Å². The van der Waals surface area contributed by atoms with Crippen LogP contribution in [-0.2, 0) is 20.8 Å². The molecule has 43 heavy (non-hydrogen) atoms.